The van der Waals surface area contributed by atoms with Gasteiger partial charge in [0.2, 0.25) is 5.91 Å². The van der Waals surface area contributed by atoms with Crippen LogP contribution in [0.4, 0.5) is 5.69 Å². The molecule has 6 heteroatoms. The molecule has 2 aromatic carbocycles. The van der Waals surface area contributed by atoms with Gasteiger partial charge in [-0.25, -0.2) is 0 Å². The van der Waals surface area contributed by atoms with Gasteiger partial charge in [0.1, 0.15) is 5.75 Å². The van der Waals surface area contributed by atoms with Crippen LogP contribution in [0, 0.1) is 12.8 Å². The van der Waals surface area contributed by atoms with Crippen molar-refractivity contribution >= 4 is 11.6 Å². The van der Waals surface area contributed by atoms with Crippen LogP contribution in [-0.2, 0) is 17.9 Å². The number of amides is 1. The quantitative estimate of drug-likeness (QED) is 0.556. The Balaban J connectivity index is 1.52. The van der Waals surface area contributed by atoms with Crippen LogP contribution in [0.1, 0.15) is 49.3 Å². The second-order valence-corrected chi connectivity index (χ2v) is 9.01. The summed E-state index contributed by atoms with van der Waals surface area (Å²) in [5, 5.41) is 12.7. The highest BCUT2D eigenvalue weighted by Gasteiger charge is 2.29. The Morgan fingerprint density at radius 3 is 2.62 bits per heavy atom. The molecule has 174 valence electrons. The largest absolute Gasteiger partial charge is 0.490 e. The number of ether oxygens (including phenoxy) is 1. The SMILES string of the molecule is Cc1cc(N(C)C(=O)[C@H]2CC[C@H](Oc3cccc(CO)c3)CC2)ccc1CNC[C@H](C)N. The lowest BCUT2D eigenvalue weighted by atomic mass is 9.86. The van der Waals surface area contributed by atoms with E-state index >= 15 is 0 Å². The van der Waals surface area contributed by atoms with Gasteiger partial charge in [0.05, 0.1) is 12.7 Å². The first-order valence-electron chi connectivity index (χ1n) is 11.6. The predicted octanol–water partition coefficient (Wildman–Crippen LogP) is 3.52. The van der Waals surface area contributed by atoms with Gasteiger partial charge in [0.15, 0.2) is 0 Å². The van der Waals surface area contributed by atoms with Crippen LogP contribution in [0.15, 0.2) is 42.5 Å². The van der Waals surface area contributed by atoms with E-state index in [9.17, 15) is 9.90 Å². The second kappa shape index (κ2) is 11.5. The summed E-state index contributed by atoms with van der Waals surface area (Å²) in [5.74, 6) is 0.985. The van der Waals surface area contributed by atoms with Gasteiger partial charge in [0.25, 0.3) is 0 Å². The number of aliphatic hydroxyl groups excluding tert-OH is 1. The van der Waals surface area contributed by atoms with Crippen molar-refractivity contribution in [2.75, 3.05) is 18.5 Å². The molecule has 32 heavy (non-hydrogen) atoms. The highest BCUT2D eigenvalue weighted by molar-refractivity contribution is 5.94. The Hall–Kier alpha value is -2.41. The summed E-state index contributed by atoms with van der Waals surface area (Å²) in [7, 11) is 1.87. The van der Waals surface area contributed by atoms with E-state index < -0.39 is 0 Å². The average molecular weight is 440 g/mol. The lowest BCUT2D eigenvalue weighted by molar-refractivity contribution is -0.123. The molecule has 3 rings (SSSR count). The van der Waals surface area contributed by atoms with Crippen LogP contribution in [0.3, 0.4) is 0 Å². The summed E-state index contributed by atoms with van der Waals surface area (Å²) in [6, 6.07) is 13.9. The van der Waals surface area contributed by atoms with Crippen LogP contribution < -0.4 is 20.7 Å². The minimum Gasteiger partial charge on any atom is -0.490 e. The van der Waals surface area contributed by atoms with Crippen LogP contribution in [0.2, 0.25) is 0 Å². The molecule has 1 saturated carbocycles. The molecule has 1 fully saturated rings. The van der Waals surface area contributed by atoms with Gasteiger partial charge in [0, 0.05) is 37.8 Å². The molecule has 1 aliphatic carbocycles. The minimum atomic E-state index is 0.00858. The van der Waals surface area contributed by atoms with E-state index in [4.69, 9.17) is 10.5 Å². The van der Waals surface area contributed by atoms with Crippen molar-refractivity contribution in [1.29, 1.82) is 0 Å². The molecule has 0 aromatic heterocycles. The number of nitrogens with zero attached hydrogens (tertiary/aromatic N) is 1. The zero-order chi connectivity index (χ0) is 23.1. The maximum absolute atomic E-state index is 13.1. The molecule has 1 aliphatic rings. The van der Waals surface area contributed by atoms with Crippen LogP contribution in [0.5, 0.6) is 5.75 Å². The van der Waals surface area contributed by atoms with Gasteiger partial charge >= 0.3 is 0 Å². The number of carbonyl (C=O) groups excluding carboxylic acids is 1. The lowest BCUT2D eigenvalue weighted by Gasteiger charge is -2.31. The van der Waals surface area contributed by atoms with Gasteiger partial charge in [-0.3, -0.25) is 4.79 Å². The van der Waals surface area contributed by atoms with E-state index in [0.29, 0.717) is 0 Å². The number of aliphatic hydroxyl groups is 1. The Labute approximate surface area is 191 Å². The molecule has 0 unspecified atom stereocenters. The van der Waals surface area contributed by atoms with Crippen molar-refractivity contribution in [2.45, 2.75) is 64.8 Å². The summed E-state index contributed by atoms with van der Waals surface area (Å²) in [4.78, 5) is 14.9. The maximum atomic E-state index is 13.1. The normalized spacial score (nSPS) is 19.4. The highest BCUT2D eigenvalue weighted by Crippen LogP contribution is 2.30. The third-order valence-electron chi connectivity index (χ3n) is 6.23. The third-order valence-corrected chi connectivity index (χ3v) is 6.23. The number of benzene rings is 2. The van der Waals surface area contributed by atoms with E-state index in [-0.39, 0.29) is 30.6 Å². The first-order valence-corrected chi connectivity index (χ1v) is 11.6. The standard InChI is InChI=1S/C26H37N3O3/c1-18-13-23(10-7-22(18)16-28-15-19(2)27)29(3)26(31)21-8-11-24(12-9-21)32-25-6-4-5-20(14-25)17-30/h4-7,10,13-14,19,21,24,28,30H,8-9,11-12,15-17,27H2,1-3H3/t19-,21-,24-/m0/s1. The topological polar surface area (TPSA) is 87.8 Å². The van der Waals surface area contributed by atoms with E-state index in [1.54, 1.807) is 4.90 Å². The molecule has 0 aliphatic heterocycles. The van der Waals surface area contributed by atoms with Gasteiger partial charge in [-0.05, 0) is 80.5 Å². The molecule has 0 spiro atoms. The fourth-order valence-electron chi connectivity index (χ4n) is 4.26. The molecule has 0 saturated heterocycles. The molecule has 1 atom stereocenters. The number of anilines is 1. The number of nitrogens with two attached hydrogens (primary N) is 1. The van der Waals surface area contributed by atoms with Crippen LogP contribution in [-0.4, -0.2) is 36.8 Å². The lowest BCUT2D eigenvalue weighted by Crippen LogP contribution is -2.36. The predicted molar refractivity (Wildman–Crippen MR) is 129 cm³/mol. The van der Waals surface area contributed by atoms with Crippen LogP contribution >= 0.6 is 0 Å². The Bertz CT molecular complexity index is 892. The van der Waals surface area contributed by atoms with E-state index in [2.05, 4.69) is 24.4 Å². The highest BCUT2D eigenvalue weighted by atomic mass is 16.5. The summed E-state index contributed by atoms with van der Waals surface area (Å²) in [6.07, 6.45) is 3.48. The monoisotopic (exact) mass is 439 g/mol. The van der Waals surface area contributed by atoms with Crippen molar-refractivity contribution in [3.63, 3.8) is 0 Å². The molecule has 0 heterocycles. The fourth-order valence-corrected chi connectivity index (χ4v) is 4.26. The molecule has 2 aromatic rings. The van der Waals surface area contributed by atoms with Gasteiger partial charge in [-0.2, -0.15) is 0 Å². The molecule has 4 N–H and O–H groups in total. The molecule has 0 bridgehead atoms. The number of carbonyl (C=O) groups is 1. The number of hydrogen-bond donors (Lipinski definition) is 3. The summed E-state index contributed by atoms with van der Waals surface area (Å²) < 4.78 is 6.10. The van der Waals surface area contributed by atoms with E-state index in [1.807, 2.05) is 44.3 Å². The average Bonchev–Trinajstić information content (AvgIpc) is 2.79. The maximum Gasteiger partial charge on any atom is 0.229 e. The van der Waals surface area contributed by atoms with Gasteiger partial charge < -0.3 is 25.8 Å². The number of rotatable bonds is 9. The van der Waals surface area contributed by atoms with Crippen molar-refractivity contribution in [3.8, 4) is 5.75 Å². The van der Waals surface area contributed by atoms with Crippen molar-refractivity contribution in [3.05, 3.63) is 59.2 Å². The summed E-state index contributed by atoms with van der Waals surface area (Å²) in [5.41, 5.74) is 9.97. The zero-order valence-corrected chi connectivity index (χ0v) is 19.5. The fraction of sp³-hybridized carbons (Fsp3) is 0.500. The van der Waals surface area contributed by atoms with Gasteiger partial charge in [-0.15, -0.1) is 0 Å². The number of nitrogens with one attached hydrogen (secondary N) is 1. The molecule has 1 amide bonds. The zero-order valence-electron chi connectivity index (χ0n) is 19.5. The molecule has 0 radical (unpaired) electrons. The first-order chi connectivity index (χ1) is 15.4. The second-order valence-electron chi connectivity index (χ2n) is 9.01. The summed E-state index contributed by atoms with van der Waals surface area (Å²) >= 11 is 0. The van der Waals surface area contributed by atoms with Crippen molar-refractivity contribution < 1.29 is 14.6 Å². The molecule has 6 nitrogen and oxygen atoms in total. The minimum absolute atomic E-state index is 0.00858. The van der Waals surface area contributed by atoms with Crippen molar-refractivity contribution in [1.82, 2.24) is 5.32 Å². The molecular weight excluding hydrogens is 402 g/mol. The van der Waals surface area contributed by atoms with E-state index in [0.717, 1.165) is 55.8 Å². The Morgan fingerprint density at radius 2 is 1.97 bits per heavy atom. The van der Waals surface area contributed by atoms with Crippen LogP contribution in [0.25, 0.3) is 0 Å². The van der Waals surface area contributed by atoms with E-state index in [1.165, 1.54) is 11.1 Å². The molecular formula is C26H37N3O3. The van der Waals surface area contributed by atoms with Gasteiger partial charge in [-0.1, -0.05) is 18.2 Å². The summed E-state index contributed by atoms with van der Waals surface area (Å²) in [6.45, 7) is 5.63. The third kappa shape index (κ3) is 6.55. The number of hydrogen-bond acceptors (Lipinski definition) is 5. The number of aryl methyl sites for hydroxylation is 1. The first kappa shape index (κ1) is 24.2. The Morgan fingerprint density at radius 1 is 1.22 bits per heavy atom. The Kier molecular flexibility index (Phi) is 8.67. The smallest absolute Gasteiger partial charge is 0.229 e. The van der Waals surface area contributed by atoms with Crippen molar-refractivity contribution in [2.24, 2.45) is 11.7 Å².